The third-order valence-electron chi connectivity index (χ3n) is 7.57. The lowest BCUT2D eigenvalue weighted by atomic mass is 9.93. The molecule has 0 fully saturated rings. The summed E-state index contributed by atoms with van der Waals surface area (Å²) >= 11 is 0. The molecule has 0 radical (unpaired) electrons. The van der Waals surface area contributed by atoms with Crippen molar-refractivity contribution in [1.29, 1.82) is 0 Å². The standard InChI is InChI=1S/C35H40F4N4O4/c1-8-9-26-15-24(33-21(4)13-25(36)14-22(33)5)16-28(40-26)29(18-32(45)46)41-34(47)30(12-20(2)3)43-19-23(10-11-42(6)7)27(17-31(43)44)35(37,38)39/h13-17,19-20,29-30H,10-12,18H2,1-7H3,(H,41,47)(H,45,46)/t29-,30-/m0/s1. The highest BCUT2D eigenvalue weighted by molar-refractivity contribution is 5.82. The van der Waals surface area contributed by atoms with Crippen LogP contribution in [0.3, 0.4) is 0 Å². The number of hydrogen-bond donors (Lipinski definition) is 2. The van der Waals surface area contributed by atoms with Crippen molar-refractivity contribution in [3.63, 3.8) is 0 Å². The van der Waals surface area contributed by atoms with Gasteiger partial charge in [0.05, 0.1) is 23.7 Å². The van der Waals surface area contributed by atoms with Gasteiger partial charge >= 0.3 is 12.1 Å². The maximum atomic E-state index is 14.1. The molecule has 0 aliphatic carbocycles. The van der Waals surface area contributed by atoms with Crippen molar-refractivity contribution in [3.05, 3.63) is 86.3 Å². The molecule has 8 nitrogen and oxygen atoms in total. The molecule has 47 heavy (non-hydrogen) atoms. The number of carbonyl (C=O) groups excluding carboxylic acids is 1. The van der Waals surface area contributed by atoms with Crippen LogP contribution in [0, 0.1) is 37.4 Å². The van der Waals surface area contributed by atoms with Crippen LogP contribution >= 0.6 is 0 Å². The monoisotopic (exact) mass is 656 g/mol. The van der Waals surface area contributed by atoms with Gasteiger partial charge in [-0.15, -0.1) is 0 Å². The van der Waals surface area contributed by atoms with E-state index in [1.807, 2.05) is 0 Å². The first-order valence-electron chi connectivity index (χ1n) is 15.1. The van der Waals surface area contributed by atoms with Crippen molar-refractivity contribution in [2.24, 2.45) is 5.92 Å². The Hall–Kier alpha value is -4.50. The summed E-state index contributed by atoms with van der Waals surface area (Å²) in [6.45, 7) is 8.93. The van der Waals surface area contributed by atoms with Gasteiger partial charge in [0.2, 0.25) is 5.91 Å². The number of carboxylic acid groups (broad SMARTS) is 1. The van der Waals surface area contributed by atoms with Gasteiger partial charge in [-0.1, -0.05) is 19.8 Å². The van der Waals surface area contributed by atoms with E-state index in [2.05, 4.69) is 22.1 Å². The fourth-order valence-electron chi connectivity index (χ4n) is 5.54. The maximum Gasteiger partial charge on any atom is 0.416 e. The number of aryl methyl sites for hydroxylation is 2. The molecule has 0 saturated carbocycles. The number of nitrogens with one attached hydrogen (secondary N) is 1. The van der Waals surface area contributed by atoms with Gasteiger partial charge in [-0.25, -0.2) is 9.37 Å². The molecule has 0 aliphatic rings. The molecule has 1 amide bonds. The van der Waals surface area contributed by atoms with Crippen molar-refractivity contribution in [3.8, 4) is 23.0 Å². The van der Waals surface area contributed by atoms with Gasteiger partial charge in [0.25, 0.3) is 5.56 Å². The quantitative estimate of drug-likeness (QED) is 0.181. The molecule has 3 rings (SSSR count). The van der Waals surface area contributed by atoms with Crippen molar-refractivity contribution < 1.29 is 32.3 Å². The molecule has 252 valence electrons. The summed E-state index contributed by atoms with van der Waals surface area (Å²) in [5.41, 5.74) is 0.746. The van der Waals surface area contributed by atoms with Crippen molar-refractivity contribution >= 4 is 11.9 Å². The van der Waals surface area contributed by atoms with Crippen LogP contribution in [0.25, 0.3) is 11.1 Å². The molecule has 1 aromatic carbocycles. The topological polar surface area (TPSA) is 105 Å². The number of hydrogen-bond acceptors (Lipinski definition) is 5. The van der Waals surface area contributed by atoms with E-state index in [1.54, 1.807) is 65.7 Å². The number of likely N-dealkylation sites (N-methyl/N-ethyl adjacent to an activating group) is 1. The van der Waals surface area contributed by atoms with Crippen LogP contribution in [-0.2, 0) is 22.2 Å². The van der Waals surface area contributed by atoms with Gasteiger partial charge in [0.1, 0.15) is 17.6 Å². The van der Waals surface area contributed by atoms with E-state index in [9.17, 15) is 37.1 Å². The van der Waals surface area contributed by atoms with E-state index in [0.717, 1.165) is 10.8 Å². The first kappa shape index (κ1) is 37.0. The van der Waals surface area contributed by atoms with Crippen LogP contribution in [-0.4, -0.2) is 52.1 Å². The highest BCUT2D eigenvalue weighted by atomic mass is 19.4. The third kappa shape index (κ3) is 9.75. The number of carboxylic acids is 1. The summed E-state index contributed by atoms with van der Waals surface area (Å²) in [6.07, 6.45) is -4.23. The predicted octanol–water partition coefficient (Wildman–Crippen LogP) is 6.08. The molecule has 0 unspecified atom stereocenters. The first-order valence-corrected chi connectivity index (χ1v) is 15.1. The van der Waals surface area contributed by atoms with Crippen LogP contribution in [0.2, 0.25) is 0 Å². The molecule has 0 aliphatic heterocycles. The number of alkyl halides is 3. The molecule has 0 saturated heterocycles. The zero-order chi connectivity index (χ0) is 35.2. The Morgan fingerprint density at radius 3 is 2.26 bits per heavy atom. The average molecular weight is 657 g/mol. The number of carbonyl (C=O) groups is 2. The molecule has 0 bridgehead atoms. The number of benzene rings is 1. The van der Waals surface area contributed by atoms with E-state index < -0.39 is 53.5 Å². The fourth-order valence-corrected chi connectivity index (χ4v) is 5.54. The summed E-state index contributed by atoms with van der Waals surface area (Å²) in [5, 5.41) is 12.5. The second kappa shape index (κ2) is 15.4. The maximum absolute atomic E-state index is 14.1. The second-order valence-electron chi connectivity index (χ2n) is 12.3. The van der Waals surface area contributed by atoms with Gasteiger partial charge < -0.3 is 19.9 Å². The van der Waals surface area contributed by atoms with Crippen LogP contribution < -0.4 is 10.9 Å². The Kier molecular flexibility index (Phi) is 12.1. The molecule has 3 aromatic rings. The second-order valence-corrected chi connectivity index (χ2v) is 12.3. The molecule has 2 atom stereocenters. The summed E-state index contributed by atoms with van der Waals surface area (Å²) in [6, 6.07) is 4.08. The van der Waals surface area contributed by atoms with Crippen molar-refractivity contribution in [1.82, 2.24) is 19.8 Å². The Morgan fingerprint density at radius 1 is 1.09 bits per heavy atom. The largest absolute Gasteiger partial charge is 0.481 e. The lowest BCUT2D eigenvalue weighted by molar-refractivity contribution is -0.139. The number of nitrogens with zero attached hydrogens (tertiary/aromatic N) is 3. The molecular weight excluding hydrogens is 616 g/mol. The minimum absolute atomic E-state index is 0.0278. The Bertz CT molecular complexity index is 1730. The molecule has 2 N–H and O–H groups in total. The van der Waals surface area contributed by atoms with E-state index in [4.69, 9.17) is 0 Å². The normalized spacial score (nSPS) is 12.9. The smallest absolute Gasteiger partial charge is 0.416 e. The highest BCUT2D eigenvalue weighted by Gasteiger charge is 2.36. The summed E-state index contributed by atoms with van der Waals surface area (Å²) in [4.78, 5) is 45.4. The summed E-state index contributed by atoms with van der Waals surface area (Å²) in [5.74, 6) is 3.03. The average Bonchev–Trinajstić information content (AvgIpc) is 2.93. The zero-order valence-corrected chi connectivity index (χ0v) is 27.6. The van der Waals surface area contributed by atoms with Gasteiger partial charge in [0.15, 0.2) is 0 Å². The van der Waals surface area contributed by atoms with Gasteiger partial charge in [-0.05, 0) is 112 Å². The minimum Gasteiger partial charge on any atom is -0.481 e. The first-order chi connectivity index (χ1) is 21.9. The highest BCUT2D eigenvalue weighted by Crippen LogP contribution is 2.33. The molecule has 12 heteroatoms. The van der Waals surface area contributed by atoms with Crippen LogP contribution in [0.5, 0.6) is 0 Å². The van der Waals surface area contributed by atoms with Gasteiger partial charge in [-0.2, -0.15) is 13.2 Å². The van der Waals surface area contributed by atoms with E-state index in [-0.39, 0.29) is 42.3 Å². The SMILES string of the molecule is CC#Cc1cc(-c2c(C)cc(F)cc2C)cc([C@H](CC(=O)O)NC(=O)[C@H](CC(C)C)n2cc(CCN(C)C)c(C(F)(F)F)cc2=O)n1. The number of rotatable bonds is 12. The molecule has 2 heterocycles. The minimum atomic E-state index is -4.78. The Balaban J connectivity index is 2.16. The van der Waals surface area contributed by atoms with Gasteiger partial charge in [0, 0.05) is 18.8 Å². The van der Waals surface area contributed by atoms with E-state index in [0.29, 0.717) is 28.3 Å². The zero-order valence-electron chi connectivity index (χ0n) is 27.6. The number of amides is 1. The summed E-state index contributed by atoms with van der Waals surface area (Å²) in [7, 11) is 3.42. The number of aromatic nitrogens is 2. The lowest BCUT2D eigenvalue weighted by Gasteiger charge is -2.26. The molecule has 0 spiro atoms. The summed E-state index contributed by atoms with van der Waals surface area (Å²) < 4.78 is 56.9. The predicted molar refractivity (Wildman–Crippen MR) is 171 cm³/mol. The van der Waals surface area contributed by atoms with Crippen molar-refractivity contribution in [2.75, 3.05) is 20.6 Å². The van der Waals surface area contributed by atoms with Crippen LogP contribution in [0.1, 0.15) is 79.3 Å². The number of pyridine rings is 2. The van der Waals surface area contributed by atoms with E-state index >= 15 is 0 Å². The van der Waals surface area contributed by atoms with Gasteiger partial charge in [-0.3, -0.25) is 14.4 Å². The Morgan fingerprint density at radius 2 is 1.72 bits per heavy atom. The fraction of sp³-hybridized carbons (Fsp3) is 0.429. The molecular formula is C35H40F4N4O4. The lowest BCUT2D eigenvalue weighted by Crippen LogP contribution is -2.41. The third-order valence-corrected chi connectivity index (χ3v) is 7.57. The van der Waals surface area contributed by atoms with Crippen molar-refractivity contribution in [2.45, 2.75) is 72.1 Å². The number of aliphatic carboxylic acids is 1. The van der Waals surface area contributed by atoms with Crippen LogP contribution in [0.15, 0.2) is 41.3 Å². The van der Waals surface area contributed by atoms with Crippen LogP contribution in [0.4, 0.5) is 17.6 Å². The number of halogens is 4. The van der Waals surface area contributed by atoms with E-state index in [1.165, 1.54) is 12.1 Å². The molecule has 2 aromatic heterocycles. The Labute approximate surface area is 271 Å².